The predicted octanol–water partition coefficient (Wildman–Crippen LogP) is -0.215. The predicted molar refractivity (Wildman–Crippen MR) is 29.7 cm³/mol. The molecule has 0 radical (unpaired) electrons. The lowest BCUT2D eigenvalue weighted by molar-refractivity contribution is 0.479. The van der Waals surface area contributed by atoms with Gasteiger partial charge in [0, 0.05) is 0 Å². The van der Waals surface area contributed by atoms with Crippen molar-refractivity contribution in [2.75, 3.05) is 0 Å². The van der Waals surface area contributed by atoms with Crippen molar-refractivity contribution in [3.8, 4) is 0 Å². The lowest BCUT2D eigenvalue weighted by Crippen LogP contribution is -1.97. The Morgan fingerprint density at radius 2 is 2.33 bits per heavy atom. The highest BCUT2D eigenvalue weighted by Gasteiger charge is 2.11. The summed E-state index contributed by atoms with van der Waals surface area (Å²) in [5, 5.41) is 3.87. The highest BCUT2D eigenvalue weighted by atomic mass is 32.2. The van der Waals surface area contributed by atoms with Crippen LogP contribution in [0.25, 0.3) is 0 Å². The second-order valence-electron chi connectivity index (χ2n) is 1.22. The van der Waals surface area contributed by atoms with Crippen LogP contribution in [-0.4, -0.2) is 22.6 Å². The first-order valence-electron chi connectivity index (χ1n) is 1.85. The first kappa shape index (κ1) is 6.59. The van der Waals surface area contributed by atoms with E-state index < -0.39 is 15.1 Å². The van der Waals surface area contributed by atoms with Crippen LogP contribution in [0.5, 0.6) is 0 Å². The smallest absolute Gasteiger partial charge is 0.281 e. The first-order valence-corrected chi connectivity index (χ1v) is 4.13. The fourth-order valence-corrected chi connectivity index (χ4v) is 1.40. The normalized spacial score (nSPS) is 11.7. The highest BCUT2D eigenvalue weighted by molar-refractivity contribution is 7.85. The number of rotatable bonds is 1. The minimum absolute atomic E-state index is 0.396. The average molecular weight is 166 g/mol. The molecule has 0 aliphatic heterocycles. The topological polar surface area (TPSA) is 80.2 Å². The number of hydrogen-bond donors (Lipinski definition) is 1. The Labute approximate surface area is 55.2 Å². The van der Waals surface area contributed by atoms with Gasteiger partial charge in [0.25, 0.3) is 0 Å². The summed E-state index contributed by atoms with van der Waals surface area (Å²) in [6.45, 7) is 0. The summed E-state index contributed by atoms with van der Waals surface area (Å²) in [6, 6.07) is 0. The van der Waals surface area contributed by atoms with Gasteiger partial charge in [-0.15, -0.1) is 5.10 Å². The van der Waals surface area contributed by atoms with Crippen LogP contribution >= 0.6 is 11.5 Å². The van der Waals surface area contributed by atoms with Crippen LogP contribution in [0.1, 0.15) is 0 Å². The Hall–Kier alpha value is -0.530. The molecule has 1 heterocycles. The third kappa shape index (κ3) is 1.44. The van der Waals surface area contributed by atoms with E-state index in [0.29, 0.717) is 0 Å². The molecule has 0 fully saturated rings. The number of hydrogen-bond acceptors (Lipinski definition) is 5. The van der Waals surface area contributed by atoms with Gasteiger partial charge >= 0.3 is 10.1 Å². The van der Waals surface area contributed by atoms with E-state index in [4.69, 9.17) is 4.55 Å². The second kappa shape index (κ2) is 2.01. The van der Waals surface area contributed by atoms with E-state index in [9.17, 15) is 8.42 Å². The van der Waals surface area contributed by atoms with Crippen molar-refractivity contribution >= 4 is 21.7 Å². The summed E-state index contributed by atoms with van der Waals surface area (Å²) in [5.41, 5.74) is 0. The standard InChI is InChI=1S/C2H2N2O3S2/c5-9(6,7)2-1-8-4-3-2/h1H,(H,5,6,7). The third-order valence-electron chi connectivity index (χ3n) is 0.604. The molecular formula is C2H2N2O3S2. The fourth-order valence-electron chi connectivity index (χ4n) is 0.268. The van der Waals surface area contributed by atoms with Gasteiger partial charge in [-0.3, -0.25) is 4.55 Å². The van der Waals surface area contributed by atoms with E-state index in [2.05, 4.69) is 9.59 Å². The minimum atomic E-state index is -4.12. The molecule has 0 atom stereocenters. The molecule has 0 unspecified atom stereocenters. The first-order chi connectivity index (χ1) is 4.11. The van der Waals surface area contributed by atoms with Crippen LogP contribution in [0.3, 0.4) is 0 Å². The van der Waals surface area contributed by atoms with E-state index >= 15 is 0 Å². The van der Waals surface area contributed by atoms with Gasteiger partial charge in [-0.1, -0.05) is 4.49 Å². The molecule has 0 amide bonds. The van der Waals surface area contributed by atoms with Crippen molar-refractivity contribution < 1.29 is 13.0 Å². The molecule has 7 heteroatoms. The van der Waals surface area contributed by atoms with E-state index in [1.54, 1.807) is 0 Å². The van der Waals surface area contributed by atoms with Crippen LogP contribution < -0.4 is 0 Å². The molecule has 0 bridgehead atoms. The molecule has 0 saturated heterocycles. The molecule has 0 saturated carbocycles. The van der Waals surface area contributed by atoms with Crippen molar-refractivity contribution in [3.05, 3.63) is 5.38 Å². The SMILES string of the molecule is O=S(=O)(O)c1csnn1. The Bertz CT molecular complexity index is 275. The van der Waals surface area contributed by atoms with Crippen molar-refractivity contribution in [2.45, 2.75) is 5.03 Å². The zero-order valence-corrected chi connectivity index (χ0v) is 5.68. The van der Waals surface area contributed by atoms with Gasteiger partial charge in [-0.2, -0.15) is 8.42 Å². The molecule has 0 aromatic carbocycles. The van der Waals surface area contributed by atoms with Gasteiger partial charge < -0.3 is 0 Å². The summed E-state index contributed by atoms with van der Waals surface area (Å²) < 4.78 is 31.8. The number of nitrogens with zero attached hydrogens (tertiary/aromatic N) is 2. The quantitative estimate of drug-likeness (QED) is 0.583. The van der Waals surface area contributed by atoms with E-state index in [-0.39, 0.29) is 0 Å². The van der Waals surface area contributed by atoms with Crippen molar-refractivity contribution in [2.24, 2.45) is 0 Å². The minimum Gasteiger partial charge on any atom is -0.281 e. The van der Waals surface area contributed by atoms with Crippen LogP contribution in [-0.2, 0) is 10.1 Å². The molecule has 1 rings (SSSR count). The molecule has 1 aromatic rings. The lowest BCUT2D eigenvalue weighted by atomic mass is 11.0. The van der Waals surface area contributed by atoms with E-state index in [0.717, 1.165) is 16.9 Å². The summed E-state index contributed by atoms with van der Waals surface area (Å²) in [7, 11) is -4.12. The molecule has 9 heavy (non-hydrogen) atoms. The van der Waals surface area contributed by atoms with Crippen LogP contribution in [0.15, 0.2) is 10.4 Å². The Balaban J connectivity index is 3.20. The van der Waals surface area contributed by atoms with Crippen LogP contribution in [0.4, 0.5) is 0 Å². The van der Waals surface area contributed by atoms with Gasteiger partial charge in [-0.25, -0.2) is 0 Å². The lowest BCUT2D eigenvalue weighted by Gasteiger charge is -1.82. The maximum Gasteiger partial charge on any atom is 0.314 e. The molecular weight excluding hydrogens is 164 g/mol. The zero-order valence-electron chi connectivity index (χ0n) is 4.05. The van der Waals surface area contributed by atoms with Crippen molar-refractivity contribution in [3.63, 3.8) is 0 Å². The molecule has 1 aromatic heterocycles. The van der Waals surface area contributed by atoms with Gasteiger partial charge in [0.05, 0.1) is 5.38 Å². The summed E-state index contributed by atoms with van der Waals surface area (Å²) in [6.07, 6.45) is 0. The third-order valence-corrected chi connectivity index (χ3v) is 1.99. The zero-order chi connectivity index (χ0) is 6.91. The molecule has 0 aliphatic carbocycles. The van der Waals surface area contributed by atoms with E-state index in [1.807, 2.05) is 0 Å². The molecule has 5 nitrogen and oxygen atoms in total. The summed E-state index contributed by atoms with van der Waals surface area (Å²) in [5.74, 6) is 0. The van der Waals surface area contributed by atoms with E-state index in [1.165, 1.54) is 0 Å². The molecule has 1 N–H and O–H groups in total. The summed E-state index contributed by atoms with van der Waals surface area (Å²) >= 11 is 0.866. The van der Waals surface area contributed by atoms with Crippen LogP contribution in [0.2, 0.25) is 0 Å². The largest absolute Gasteiger partial charge is 0.314 e. The van der Waals surface area contributed by atoms with Crippen molar-refractivity contribution in [1.82, 2.24) is 9.59 Å². The van der Waals surface area contributed by atoms with Gasteiger partial charge in [0.1, 0.15) is 0 Å². The Kier molecular flexibility index (Phi) is 1.47. The maximum absolute atomic E-state index is 10.2. The van der Waals surface area contributed by atoms with Gasteiger partial charge in [0.2, 0.25) is 5.03 Å². The fraction of sp³-hybridized carbons (Fsp3) is 0. The van der Waals surface area contributed by atoms with Crippen molar-refractivity contribution in [1.29, 1.82) is 0 Å². The Morgan fingerprint density at radius 3 is 2.56 bits per heavy atom. The highest BCUT2D eigenvalue weighted by Crippen LogP contribution is 2.03. The Morgan fingerprint density at radius 1 is 1.67 bits per heavy atom. The maximum atomic E-state index is 10.2. The number of aromatic nitrogens is 2. The molecule has 50 valence electrons. The van der Waals surface area contributed by atoms with Gasteiger partial charge in [0.15, 0.2) is 0 Å². The second-order valence-corrected chi connectivity index (χ2v) is 3.20. The average Bonchev–Trinajstić information content (AvgIpc) is 2.08. The monoisotopic (exact) mass is 166 g/mol. The molecule has 0 spiro atoms. The molecule has 0 aliphatic rings. The van der Waals surface area contributed by atoms with Gasteiger partial charge in [-0.05, 0) is 11.5 Å². The summed E-state index contributed by atoms with van der Waals surface area (Å²) in [4.78, 5) is 0. The van der Waals surface area contributed by atoms with Crippen LogP contribution in [0, 0.1) is 0 Å².